The van der Waals surface area contributed by atoms with Gasteiger partial charge in [-0.2, -0.15) is 0 Å². The van der Waals surface area contributed by atoms with E-state index < -0.39 is 12.1 Å². The van der Waals surface area contributed by atoms with Crippen LogP contribution < -0.4 is 5.32 Å². The van der Waals surface area contributed by atoms with Crippen molar-refractivity contribution in [1.29, 1.82) is 0 Å². The van der Waals surface area contributed by atoms with Gasteiger partial charge in [-0.25, -0.2) is 9.59 Å². The molecule has 5 nitrogen and oxygen atoms in total. The molecule has 0 aromatic rings. The molecule has 0 aliphatic rings. The predicted molar refractivity (Wildman–Crippen MR) is 73.8 cm³/mol. The summed E-state index contributed by atoms with van der Waals surface area (Å²) in [5, 5.41) is 2.51. The van der Waals surface area contributed by atoms with Crippen LogP contribution in [-0.2, 0) is 14.3 Å². The summed E-state index contributed by atoms with van der Waals surface area (Å²) in [6, 6.07) is -0.633. The zero-order valence-electron chi connectivity index (χ0n) is 12.7. The van der Waals surface area contributed by atoms with Gasteiger partial charge in [0.2, 0.25) is 0 Å². The van der Waals surface area contributed by atoms with Gasteiger partial charge in [0.1, 0.15) is 6.04 Å². The summed E-state index contributed by atoms with van der Waals surface area (Å²) >= 11 is 0. The summed E-state index contributed by atoms with van der Waals surface area (Å²) in [6.07, 6.45) is 1.80. The molecular weight excluding hydrogens is 246 g/mol. The molecule has 0 aliphatic carbocycles. The van der Waals surface area contributed by atoms with Crippen LogP contribution in [0.4, 0.5) is 4.79 Å². The molecule has 0 bridgehead atoms. The molecule has 0 aliphatic heterocycles. The lowest BCUT2D eigenvalue weighted by Crippen LogP contribution is -2.42. The highest BCUT2D eigenvalue weighted by Gasteiger charge is 2.23. The molecule has 5 heteroatoms. The van der Waals surface area contributed by atoms with Crippen molar-refractivity contribution >= 4 is 12.1 Å². The van der Waals surface area contributed by atoms with Crippen molar-refractivity contribution in [1.82, 2.24) is 5.32 Å². The van der Waals surface area contributed by atoms with Gasteiger partial charge in [0, 0.05) is 0 Å². The van der Waals surface area contributed by atoms with E-state index in [0.717, 1.165) is 12.8 Å². The number of amides is 1. The molecule has 0 radical (unpaired) electrons. The molecule has 1 N–H and O–H groups in total. The Morgan fingerprint density at radius 2 is 1.74 bits per heavy atom. The predicted octanol–water partition coefficient (Wildman–Crippen LogP) is 2.74. The first-order chi connectivity index (χ1) is 8.86. The lowest BCUT2D eigenvalue weighted by molar-refractivity contribution is -0.146. The van der Waals surface area contributed by atoms with Crippen LogP contribution in [0.5, 0.6) is 0 Å². The Labute approximate surface area is 116 Å². The molecule has 0 aromatic carbocycles. The van der Waals surface area contributed by atoms with Crippen molar-refractivity contribution in [3.63, 3.8) is 0 Å². The zero-order valence-corrected chi connectivity index (χ0v) is 12.7. The van der Waals surface area contributed by atoms with Crippen LogP contribution in [0.1, 0.15) is 47.0 Å². The largest absolute Gasteiger partial charge is 0.464 e. The van der Waals surface area contributed by atoms with E-state index in [0.29, 0.717) is 18.9 Å². The van der Waals surface area contributed by atoms with Gasteiger partial charge in [-0.05, 0) is 31.1 Å². The molecule has 0 aromatic heterocycles. The Bertz CT molecular complexity index is 277. The van der Waals surface area contributed by atoms with Crippen molar-refractivity contribution in [2.24, 2.45) is 11.8 Å². The van der Waals surface area contributed by atoms with E-state index in [1.54, 1.807) is 0 Å². The highest BCUT2D eigenvalue weighted by molar-refractivity contribution is 5.81. The van der Waals surface area contributed by atoms with Gasteiger partial charge in [0.25, 0.3) is 0 Å². The maximum atomic E-state index is 11.9. The van der Waals surface area contributed by atoms with E-state index >= 15 is 0 Å². The Kier molecular flexibility index (Phi) is 9.00. The first-order valence-electron chi connectivity index (χ1n) is 6.87. The van der Waals surface area contributed by atoms with Crippen molar-refractivity contribution in [2.75, 3.05) is 13.7 Å². The fraction of sp³-hybridized carbons (Fsp3) is 0.857. The molecule has 0 rings (SSSR count). The van der Waals surface area contributed by atoms with Crippen molar-refractivity contribution < 1.29 is 19.1 Å². The van der Waals surface area contributed by atoms with Gasteiger partial charge >= 0.3 is 12.1 Å². The number of nitrogens with one attached hydrogen (secondary N) is 1. The maximum absolute atomic E-state index is 11.9. The molecular formula is C14H27NO4. The number of hydrogen-bond donors (Lipinski definition) is 1. The number of methoxy groups -OCH3 is 1. The summed E-state index contributed by atoms with van der Waals surface area (Å²) in [5.74, 6) is 0.492. The Hall–Kier alpha value is -1.26. The number of alkyl carbamates (subject to hydrolysis) is 1. The Morgan fingerprint density at radius 3 is 2.21 bits per heavy atom. The van der Waals surface area contributed by atoms with E-state index in [1.807, 2.05) is 13.8 Å². The Balaban J connectivity index is 4.18. The minimum atomic E-state index is -0.633. The lowest BCUT2D eigenvalue weighted by atomic mass is 10.0. The minimum absolute atomic E-state index is 0.283. The normalized spacial score (nSPS) is 12.4. The minimum Gasteiger partial charge on any atom is -0.464 e. The summed E-state index contributed by atoms with van der Waals surface area (Å²) in [4.78, 5) is 23.1. The van der Waals surface area contributed by atoms with Crippen LogP contribution in [0.3, 0.4) is 0 Å². The van der Waals surface area contributed by atoms with Gasteiger partial charge in [-0.1, -0.05) is 27.7 Å². The molecule has 0 saturated heterocycles. The fourth-order valence-electron chi connectivity index (χ4n) is 1.65. The molecule has 1 unspecified atom stereocenters. The lowest BCUT2D eigenvalue weighted by Gasteiger charge is -2.18. The van der Waals surface area contributed by atoms with Crippen LogP contribution in [0.25, 0.3) is 0 Å². The van der Waals surface area contributed by atoms with E-state index in [9.17, 15) is 9.59 Å². The summed E-state index contributed by atoms with van der Waals surface area (Å²) in [7, 11) is 1.27. The molecule has 19 heavy (non-hydrogen) atoms. The van der Waals surface area contributed by atoms with Gasteiger partial charge in [0.15, 0.2) is 0 Å². The molecule has 0 saturated carbocycles. The summed E-state index contributed by atoms with van der Waals surface area (Å²) in [6.45, 7) is 8.62. The average molecular weight is 273 g/mol. The monoisotopic (exact) mass is 273 g/mol. The molecule has 0 heterocycles. The summed E-state index contributed by atoms with van der Waals surface area (Å²) < 4.78 is 9.70. The van der Waals surface area contributed by atoms with E-state index in [2.05, 4.69) is 23.9 Å². The highest BCUT2D eigenvalue weighted by Crippen LogP contribution is 2.08. The smallest absolute Gasteiger partial charge is 0.407 e. The molecule has 1 atom stereocenters. The number of carbonyl (C=O) groups excluding carboxylic acids is 2. The second kappa shape index (κ2) is 9.64. The number of ether oxygens (including phenoxy) is 2. The quantitative estimate of drug-likeness (QED) is 0.545. The zero-order chi connectivity index (χ0) is 14.8. The van der Waals surface area contributed by atoms with Crippen LogP contribution in [0.2, 0.25) is 0 Å². The van der Waals surface area contributed by atoms with E-state index in [4.69, 9.17) is 4.74 Å². The van der Waals surface area contributed by atoms with Gasteiger partial charge in [-0.15, -0.1) is 0 Å². The molecule has 112 valence electrons. The van der Waals surface area contributed by atoms with Crippen molar-refractivity contribution in [2.45, 2.75) is 53.0 Å². The number of hydrogen-bond acceptors (Lipinski definition) is 4. The van der Waals surface area contributed by atoms with Gasteiger partial charge < -0.3 is 14.8 Å². The van der Waals surface area contributed by atoms with E-state index in [1.165, 1.54) is 7.11 Å². The second-order valence-electron chi connectivity index (χ2n) is 5.52. The third-order valence-corrected chi connectivity index (χ3v) is 2.64. The molecule has 1 amide bonds. The number of carbonyl (C=O) groups is 2. The van der Waals surface area contributed by atoms with Crippen molar-refractivity contribution in [3.8, 4) is 0 Å². The third-order valence-electron chi connectivity index (χ3n) is 2.64. The van der Waals surface area contributed by atoms with E-state index in [-0.39, 0.29) is 11.9 Å². The van der Waals surface area contributed by atoms with Gasteiger partial charge in [0.05, 0.1) is 13.7 Å². The SMILES string of the molecule is COC(=O)NC(CC(C)C)C(=O)OCCCC(C)C. The second-order valence-corrected chi connectivity index (χ2v) is 5.52. The van der Waals surface area contributed by atoms with Crippen LogP contribution in [0.15, 0.2) is 0 Å². The van der Waals surface area contributed by atoms with Crippen LogP contribution in [0, 0.1) is 11.8 Å². The van der Waals surface area contributed by atoms with Crippen molar-refractivity contribution in [3.05, 3.63) is 0 Å². The van der Waals surface area contributed by atoms with Crippen LogP contribution >= 0.6 is 0 Å². The first-order valence-corrected chi connectivity index (χ1v) is 6.87. The first kappa shape index (κ1) is 17.7. The number of esters is 1. The van der Waals surface area contributed by atoms with Crippen LogP contribution in [-0.4, -0.2) is 31.8 Å². The third kappa shape index (κ3) is 9.33. The topological polar surface area (TPSA) is 64.6 Å². The Morgan fingerprint density at radius 1 is 1.11 bits per heavy atom. The number of rotatable bonds is 8. The highest BCUT2D eigenvalue weighted by atomic mass is 16.5. The average Bonchev–Trinajstić information content (AvgIpc) is 2.32. The molecule has 0 fully saturated rings. The molecule has 0 spiro atoms. The van der Waals surface area contributed by atoms with Gasteiger partial charge in [-0.3, -0.25) is 0 Å². The standard InChI is InChI=1S/C14H27NO4/c1-10(2)7-6-8-19-13(16)12(9-11(3)4)15-14(17)18-5/h10-12H,6-9H2,1-5H3,(H,15,17). The summed E-state index contributed by atoms with van der Waals surface area (Å²) in [5.41, 5.74) is 0. The fourth-order valence-corrected chi connectivity index (χ4v) is 1.65. The maximum Gasteiger partial charge on any atom is 0.407 e.